The Labute approximate surface area is 120 Å². The molecular formula is C16H23NO3. The number of piperidine rings is 1. The molecule has 0 aliphatic carbocycles. The number of amides is 1. The van der Waals surface area contributed by atoms with Crippen molar-refractivity contribution in [3.8, 4) is 5.75 Å². The number of carbonyl (C=O) groups excluding carboxylic acids is 1. The Hall–Kier alpha value is -1.55. The van der Waals surface area contributed by atoms with E-state index in [2.05, 4.69) is 12.1 Å². The molecule has 1 heterocycles. The van der Waals surface area contributed by atoms with Gasteiger partial charge in [-0.25, -0.2) is 0 Å². The van der Waals surface area contributed by atoms with Crippen LogP contribution >= 0.6 is 0 Å². The minimum Gasteiger partial charge on any atom is -0.497 e. The van der Waals surface area contributed by atoms with Crippen LogP contribution in [0.3, 0.4) is 0 Å². The molecule has 0 aromatic heterocycles. The first-order chi connectivity index (χ1) is 9.63. The van der Waals surface area contributed by atoms with E-state index in [1.807, 2.05) is 17.0 Å². The van der Waals surface area contributed by atoms with Crippen LogP contribution in [0.25, 0.3) is 0 Å². The maximum atomic E-state index is 11.5. The molecule has 2 rings (SSSR count). The molecule has 0 bridgehead atoms. The molecule has 110 valence electrons. The molecule has 1 fully saturated rings. The van der Waals surface area contributed by atoms with Gasteiger partial charge >= 0.3 is 0 Å². The zero-order valence-corrected chi connectivity index (χ0v) is 12.5. The molecule has 1 amide bonds. The van der Waals surface area contributed by atoms with E-state index in [1.165, 1.54) is 5.56 Å². The first kappa shape index (κ1) is 14.9. The van der Waals surface area contributed by atoms with E-state index in [9.17, 15) is 4.79 Å². The van der Waals surface area contributed by atoms with E-state index in [1.54, 1.807) is 21.1 Å². The molecule has 1 aliphatic heterocycles. The molecule has 0 N–H and O–H groups in total. The SMILES string of the molecule is COc1ccc(C[C@H]2CN(C(C)=O)CC[C@H]2OC)cc1. The second-order valence-electron chi connectivity index (χ2n) is 5.34. The molecular weight excluding hydrogens is 254 g/mol. The molecule has 1 aliphatic rings. The van der Waals surface area contributed by atoms with Gasteiger partial charge in [0, 0.05) is 33.0 Å². The van der Waals surface area contributed by atoms with E-state index in [0.29, 0.717) is 5.92 Å². The summed E-state index contributed by atoms with van der Waals surface area (Å²) in [4.78, 5) is 13.5. The summed E-state index contributed by atoms with van der Waals surface area (Å²) in [5.41, 5.74) is 1.25. The number of benzene rings is 1. The molecule has 0 spiro atoms. The summed E-state index contributed by atoms with van der Waals surface area (Å²) in [6.07, 6.45) is 2.07. The summed E-state index contributed by atoms with van der Waals surface area (Å²) in [6, 6.07) is 8.11. The van der Waals surface area contributed by atoms with Crippen LogP contribution in [0.5, 0.6) is 5.75 Å². The van der Waals surface area contributed by atoms with Crippen LogP contribution in [0.4, 0.5) is 0 Å². The molecule has 0 saturated carbocycles. The molecule has 4 heteroatoms. The van der Waals surface area contributed by atoms with Crippen molar-refractivity contribution in [2.75, 3.05) is 27.3 Å². The minimum atomic E-state index is 0.152. The Balaban J connectivity index is 2.04. The second-order valence-corrected chi connectivity index (χ2v) is 5.34. The minimum absolute atomic E-state index is 0.152. The summed E-state index contributed by atoms with van der Waals surface area (Å²) < 4.78 is 10.8. The lowest BCUT2D eigenvalue weighted by Crippen LogP contribution is -2.46. The van der Waals surface area contributed by atoms with Crippen molar-refractivity contribution in [3.63, 3.8) is 0 Å². The number of nitrogens with zero attached hydrogens (tertiary/aromatic N) is 1. The number of ether oxygens (including phenoxy) is 2. The first-order valence-electron chi connectivity index (χ1n) is 7.05. The summed E-state index contributed by atoms with van der Waals surface area (Å²) in [7, 11) is 3.43. The number of methoxy groups -OCH3 is 2. The predicted octanol–water partition coefficient (Wildman–Crippen LogP) is 2.12. The smallest absolute Gasteiger partial charge is 0.219 e. The van der Waals surface area contributed by atoms with Gasteiger partial charge in [0.25, 0.3) is 0 Å². The zero-order valence-electron chi connectivity index (χ0n) is 12.5. The molecule has 1 aromatic carbocycles. The highest BCUT2D eigenvalue weighted by Crippen LogP contribution is 2.24. The van der Waals surface area contributed by atoms with Gasteiger partial charge in [-0.3, -0.25) is 4.79 Å². The van der Waals surface area contributed by atoms with Gasteiger partial charge in [-0.05, 0) is 30.5 Å². The van der Waals surface area contributed by atoms with Crippen molar-refractivity contribution >= 4 is 5.91 Å². The van der Waals surface area contributed by atoms with Gasteiger partial charge in [0.2, 0.25) is 5.91 Å². The lowest BCUT2D eigenvalue weighted by Gasteiger charge is -2.37. The van der Waals surface area contributed by atoms with Gasteiger partial charge in [0.1, 0.15) is 5.75 Å². The average Bonchev–Trinajstić information content (AvgIpc) is 2.48. The molecule has 1 aromatic rings. The van der Waals surface area contributed by atoms with Crippen LogP contribution in [0, 0.1) is 5.92 Å². The largest absolute Gasteiger partial charge is 0.497 e. The van der Waals surface area contributed by atoms with Gasteiger partial charge in [0.15, 0.2) is 0 Å². The Morgan fingerprint density at radius 2 is 2.00 bits per heavy atom. The van der Waals surface area contributed by atoms with E-state index < -0.39 is 0 Å². The van der Waals surface area contributed by atoms with E-state index in [4.69, 9.17) is 9.47 Å². The third-order valence-corrected chi connectivity index (χ3v) is 4.07. The number of likely N-dealkylation sites (tertiary alicyclic amines) is 1. The summed E-state index contributed by atoms with van der Waals surface area (Å²) >= 11 is 0. The van der Waals surface area contributed by atoms with E-state index in [0.717, 1.165) is 31.7 Å². The van der Waals surface area contributed by atoms with E-state index >= 15 is 0 Å². The van der Waals surface area contributed by atoms with Crippen molar-refractivity contribution < 1.29 is 14.3 Å². The predicted molar refractivity (Wildman–Crippen MR) is 77.9 cm³/mol. The van der Waals surface area contributed by atoms with E-state index in [-0.39, 0.29) is 12.0 Å². The highest BCUT2D eigenvalue weighted by atomic mass is 16.5. The fourth-order valence-corrected chi connectivity index (χ4v) is 2.87. The Morgan fingerprint density at radius 1 is 1.30 bits per heavy atom. The van der Waals surface area contributed by atoms with Crippen LogP contribution in [-0.4, -0.2) is 44.2 Å². The number of rotatable bonds is 4. The molecule has 2 atom stereocenters. The van der Waals surface area contributed by atoms with Gasteiger partial charge in [-0.1, -0.05) is 12.1 Å². The highest BCUT2D eigenvalue weighted by Gasteiger charge is 2.30. The highest BCUT2D eigenvalue weighted by molar-refractivity contribution is 5.73. The maximum absolute atomic E-state index is 11.5. The third kappa shape index (κ3) is 3.51. The molecule has 1 saturated heterocycles. The van der Waals surface area contributed by atoms with Gasteiger partial charge in [0.05, 0.1) is 13.2 Å². The Kier molecular flexibility index (Phi) is 5.01. The summed E-state index contributed by atoms with van der Waals surface area (Å²) in [5, 5.41) is 0. The van der Waals surface area contributed by atoms with Crippen LogP contribution in [0.1, 0.15) is 18.9 Å². The quantitative estimate of drug-likeness (QED) is 0.846. The topological polar surface area (TPSA) is 38.8 Å². The Morgan fingerprint density at radius 3 is 2.55 bits per heavy atom. The maximum Gasteiger partial charge on any atom is 0.219 e. The van der Waals surface area contributed by atoms with Crippen LogP contribution < -0.4 is 4.74 Å². The lowest BCUT2D eigenvalue weighted by atomic mass is 9.88. The van der Waals surface area contributed by atoms with Crippen molar-refractivity contribution in [2.24, 2.45) is 5.92 Å². The standard InChI is InChI=1S/C16H23NO3/c1-12(18)17-9-8-16(20-3)14(11-17)10-13-4-6-15(19-2)7-5-13/h4-7,14,16H,8-11H2,1-3H3/t14-,16+/m0/s1. The fourth-order valence-electron chi connectivity index (χ4n) is 2.87. The summed E-state index contributed by atoms with van der Waals surface area (Å²) in [6.45, 7) is 3.21. The Bertz CT molecular complexity index is 444. The lowest BCUT2D eigenvalue weighted by molar-refractivity contribution is -0.133. The van der Waals surface area contributed by atoms with Crippen molar-refractivity contribution in [3.05, 3.63) is 29.8 Å². The third-order valence-electron chi connectivity index (χ3n) is 4.07. The summed E-state index contributed by atoms with van der Waals surface area (Å²) in [5.74, 6) is 1.37. The number of hydrogen-bond acceptors (Lipinski definition) is 3. The van der Waals surface area contributed by atoms with Crippen LogP contribution in [0.2, 0.25) is 0 Å². The van der Waals surface area contributed by atoms with Gasteiger partial charge in [-0.2, -0.15) is 0 Å². The number of carbonyl (C=O) groups is 1. The molecule has 0 radical (unpaired) electrons. The zero-order chi connectivity index (χ0) is 14.5. The van der Waals surface area contributed by atoms with Gasteiger partial charge < -0.3 is 14.4 Å². The molecule has 20 heavy (non-hydrogen) atoms. The number of hydrogen-bond donors (Lipinski definition) is 0. The molecule has 4 nitrogen and oxygen atoms in total. The average molecular weight is 277 g/mol. The normalized spacial score (nSPS) is 22.6. The second kappa shape index (κ2) is 6.75. The van der Waals surface area contributed by atoms with Gasteiger partial charge in [-0.15, -0.1) is 0 Å². The van der Waals surface area contributed by atoms with Crippen molar-refractivity contribution in [2.45, 2.75) is 25.9 Å². The molecule has 0 unspecified atom stereocenters. The first-order valence-corrected chi connectivity index (χ1v) is 7.05. The van der Waals surface area contributed by atoms with Crippen LogP contribution in [-0.2, 0) is 16.0 Å². The van der Waals surface area contributed by atoms with Crippen molar-refractivity contribution in [1.29, 1.82) is 0 Å². The fraction of sp³-hybridized carbons (Fsp3) is 0.562. The van der Waals surface area contributed by atoms with Crippen LogP contribution in [0.15, 0.2) is 24.3 Å². The van der Waals surface area contributed by atoms with Crippen molar-refractivity contribution in [1.82, 2.24) is 4.90 Å². The monoisotopic (exact) mass is 277 g/mol.